The minimum atomic E-state index is 0.694. The molecule has 0 radical (unpaired) electrons. The number of hydrogen-bond acceptors (Lipinski definition) is 4. The van der Waals surface area contributed by atoms with Crippen molar-refractivity contribution in [2.45, 2.75) is 6.92 Å². The molecule has 0 atom stereocenters. The van der Waals surface area contributed by atoms with Crippen molar-refractivity contribution in [2.24, 2.45) is 4.99 Å². The Morgan fingerprint density at radius 3 is 2.95 bits per heavy atom. The van der Waals surface area contributed by atoms with Gasteiger partial charge in [0.2, 0.25) is 0 Å². The zero-order chi connectivity index (χ0) is 14.8. The van der Waals surface area contributed by atoms with E-state index in [-0.39, 0.29) is 0 Å². The van der Waals surface area contributed by atoms with Crippen LogP contribution in [0.3, 0.4) is 0 Å². The second-order valence-corrected chi connectivity index (χ2v) is 4.86. The fourth-order valence-corrected chi connectivity index (χ4v) is 2.36. The third kappa shape index (κ3) is 2.58. The summed E-state index contributed by atoms with van der Waals surface area (Å²) in [4.78, 5) is 4.49. The maximum Gasteiger partial charge on any atom is 0.130 e. The van der Waals surface area contributed by atoms with E-state index >= 15 is 0 Å². The molecule has 21 heavy (non-hydrogen) atoms. The van der Waals surface area contributed by atoms with E-state index in [1.807, 2.05) is 37.3 Å². The first-order valence-corrected chi connectivity index (χ1v) is 6.58. The van der Waals surface area contributed by atoms with E-state index in [1.54, 1.807) is 19.5 Å². The fraction of sp³-hybridized carbons (Fsp3) is 0.125. The van der Waals surface area contributed by atoms with Gasteiger partial charge in [-0.1, -0.05) is 0 Å². The average molecular weight is 280 g/mol. The molecule has 1 aromatic heterocycles. The summed E-state index contributed by atoms with van der Waals surface area (Å²) in [7, 11) is 1.65. The predicted octanol–water partition coefficient (Wildman–Crippen LogP) is 3.21. The molecular formula is C16H16N4O. The first-order valence-electron chi connectivity index (χ1n) is 6.58. The first kappa shape index (κ1) is 13.2. The number of aromatic amines is 1. The van der Waals surface area contributed by atoms with E-state index < -0.39 is 0 Å². The number of methoxy groups -OCH3 is 1. The van der Waals surface area contributed by atoms with E-state index in [0.29, 0.717) is 5.69 Å². The molecule has 1 heterocycles. The Balaban J connectivity index is 1.98. The van der Waals surface area contributed by atoms with Crippen molar-refractivity contribution >= 4 is 28.5 Å². The summed E-state index contributed by atoms with van der Waals surface area (Å²) in [5.41, 5.74) is 10.3. The van der Waals surface area contributed by atoms with Gasteiger partial charge in [0.25, 0.3) is 0 Å². The third-order valence-electron chi connectivity index (χ3n) is 3.31. The van der Waals surface area contributed by atoms with Crippen LogP contribution in [-0.4, -0.2) is 23.5 Å². The number of nitrogen functional groups attached to an aromatic ring is 1. The van der Waals surface area contributed by atoms with E-state index in [4.69, 9.17) is 10.5 Å². The summed E-state index contributed by atoms with van der Waals surface area (Å²) in [6, 6.07) is 9.60. The Kier molecular flexibility index (Phi) is 3.31. The maximum absolute atomic E-state index is 5.88. The van der Waals surface area contributed by atoms with Crippen molar-refractivity contribution in [1.29, 1.82) is 0 Å². The Morgan fingerprint density at radius 2 is 2.14 bits per heavy atom. The number of nitrogens with one attached hydrogen (secondary N) is 1. The highest BCUT2D eigenvalue weighted by molar-refractivity contribution is 5.89. The predicted molar refractivity (Wildman–Crippen MR) is 85.5 cm³/mol. The van der Waals surface area contributed by atoms with Crippen LogP contribution in [-0.2, 0) is 0 Å². The van der Waals surface area contributed by atoms with Gasteiger partial charge >= 0.3 is 0 Å². The minimum Gasteiger partial charge on any atom is -0.496 e. The average Bonchev–Trinajstić information content (AvgIpc) is 2.92. The lowest BCUT2D eigenvalue weighted by Gasteiger charge is -2.09. The molecule has 2 aromatic carbocycles. The van der Waals surface area contributed by atoms with Crippen molar-refractivity contribution in [3.05, 3.63) is 47.7 Å². The molecule has 0 spiro atoms. The zero-order valence-electron chi connectivity index (χ0n) is 11.9. The highest BCUT2D eigenvalue weighted by Crippen LogP contribution is 2.26. The van der Waals surface area contributed by atoms with Gasteiger partial charge in [-0.15, -0.1) is 0 Å². The summed E-state index contributed by atoms with van der Waals surface area (Å²) in [5, 5.41) is 7.94. The van der Waals surface area contributed by atoms with Crippen LogP contribution in [0.4, 0.5) is 11.4 Å². The molecule has 0 saturated heterocycles. The van der Waals surface area contributed by atoms with Gasteiger partial charge in [-0.05, 0) is 42.8 Å². The van der Waals surface area contributed by atoms with E-state index in [1.165, 1.54) is 0 Å². The van der Waals surface area contributed by atoms with Crippen LogP contribution < -0.4 is 10.5 Å². The Labute approximate surface area is 122 Å². The molecule has 5 heteroatoms. The number of ether oxygens (including phenoxy) is 1. The number of hydrogen-bond donors (Lipinski definition) is 2. The molecule has 0 unspecified atom stereocenters. The molecule has 3 aromatic rings. The van der Waals surface area contributed by atoms with Crippen LogP contribution in [0.15, 0.2) is 41.5 Å². The summed E-state index contributed by atoms with van der Waals surface area (Å²) in [6.07, 6.45) is 3.54. The standard InChI is InChI=1S/C16H16N4O/c1-10-5-13(17)6-12(16(10)21-2)8-18-14-3-4-15-11(7-14)9-19-20-15/h3-9H,17H2,1-2H3,(H,19,20). The van der Waals surface area contributed by atoms with Crippen LogP contribution in [0.25, 0.3) is 10.9 Å². The quantitative estimate of drug-likeness (QED) is 0.571. The molecule has 0 saturated carbocycles. The molecule has 0 aliphatic rings. The van der Waals surface area contributed by atoms with Gasteiger partial charge < -0.3 is 10.5 Å². The molecule has 106 valence electrons. The number of anilines is 1. The SMILES string of the molecule is COc1c(C)cc(N)cc1C=Nc1ccc2[nH]ncc2c1. The van der Waals surface area contributed by atoms with E-state index in [9.17, 15) is 0 Å². The molecule has 0 fully saturated rings. The first-order chi connectivity index (χ1) is 10.2. The van der Waals surface area contributed by atoms with Crippen molar-refractivity contribution < 1.29 is 4.74 Å². The number of nitrogens with two attached hydrogens (primary N) is 1. The van der Waals surface area contributed by atoms with Crippen LogP contribution >= 0.6 is 0 Å². The van der Waals surface area contributed by atoms with Gasteiger partial charge in [0.05, 0.1) is 24.5 Å². The summed E-state index contributed by atoms with van der Waals surface area (Å²) in [5.74, 6) is 0.789. The van der Waals surface area contributed by atoms with Gasteiger partial charge in [0, 0.05) is 22.9 Å². The second-order valence-electron chi connectivity index (χ2n) is 4.86. The lowest BCUT2D eigenvalue weighted by atomic mass is 10.1. The van der Waals surface area contributed by atoms with Gasteiger partial charge in [-0.3, -0.25) is 10.1 Å². The monoisotopic (exact) mass is 280 g/mol. The van der Waals surface area contributed by atoms with Crippen molar-refractivity contribution in [1.82, 2.24) is 10.2 Å². The molecule has 0 aliphatic carbocycles. The molecule has 3 N–H and O–H groups in total. The topological polar surface area (TPSA) is 76.3 Å². The zero-order valence-corrected chi connectivity index (χ0v) is 11.9. The summed E-state index contributed by atoms with van der Waals surface area (Å²) in [6.45, 7) is 1.96. The number of aryl methyl sites for hydroxylation is 1. The molecular weight excluding hydrogens is 264 g/mol. The Bertz CT molecular complexity index is 820. The number of benzene rings is 2. The third-order valence-corrected chi connectivity index (χ3v) is 3.31. The Hall–Kier alpha value is -2.82. The number of fused-ring (bicyclic) bond motifs is 1. The largest absolute Gasteiger partial charge is 0.496 e. The highest BCUT2D eigenvalue weighted by atomic mass is 16.5. The van der Waals surface area contributed by atoms with Gasteiger partial charge in [-0.2, -0.15) is 5.10 Å². The summed E-state index contributed by atoms with van der Waals surface area (Å²) >= 11 is 0. The number of nitrogens with zero attached hydrogens (tertiary/aromatic N) is 2. The fourth-order valence-electron chi connectivity index (χ4n) is 2.36. The van der Waals surface area contributed by atoms with Crippen LogP contribution in [0, 0.1) is 6.92 Å². The maximum atomic E-state index is 5.88. The van der Waals surface area contributed by atoms with Crippen molar-refractivity contribution in [2.75, 3.05) is 12.8 Å². The number of aromatic nitrogens is 2. The highest BCUT2D eigenvalue weighted by Gasteiger charge is 2.06. The lowest BCUT2D eigenvalue weighted by molar-refractivity contribution is 0.411. The minimum absolute atomic E-state index is 0.694. The Morgan fingerprint density at radius 1 is 1.29 bits per heavy atom. The van der Waals surface area contributed by atoms with Crippen molar-refractivity contribution in [3.8, 4) is 5.75 Å². The van der Waals surface area contributed by atoms with Crippen LogP contribution in [0.5, 0.6) is 5.75 Å². The molecule has 5 nitrogen and oxygen atoms in total. The van der Waals surface area contributed by atoms with Gasteiger partial charge in [0.15, 0.2) is 0 Å². The lowest BCUT2D eigenvalue weighted by Crippen LogP contribution is -1.96. The smallest absolute Gasteiger partial charge is 0.130 e. The number of aliphatic imine (C=N–C) groups is 1. The molecule has 0 aliphatic heterocycles. The van der Waals surface area contributed by atoms with Crippen molar-refractivity contribution in [3.63, 3.8) is 0 Å². The second kappa shape index (κ2) is 5.28. The number of H-pyrrole nitrogens is 1. The molecule has 0 amide bonds. The van der Waals surface area contributed by atoms with Crippen LogP contribution in [0.1, 0.15) is 11.1 Å². The molecule has 0 bridgehead atoms. The van der Waals surface area contributed by atoms with Gasteiger partial charge in [-0.25, -0.2) is 0 Å². The van der Waals surface area contributed by atoms with E-state index in [2.05, 4.69) is 15.2 Å². The normalized spacial score (nSPS) is 11.3. The molecule has 3 rings (SSSR count). The van der Waals surface area contributed by atoms with E-state index in [0.717, 1.165) is 33.5 Å². The van der Waals surface area contributed by atoms with Crippen LogP contribution in [0.2, 0.25) is 0 Å². The summed E-state index contributed by atoms with van der Waals surface area (Å²) < 4.78 is 5.42. The number of rotatable bonds is 3. The van der Waals surface area contributed by atoms with Gasteiger partial charge in [0.1, 0.15) is 5.75 Å².